The Morgan fingerprint density at radius 2 is 2.11 bits per heavy atom. The molecule has 1 atom stereocenters. The van der Waals surface area contributed by atoms with Crippen molar-refractivity contribution in [3.8, 4) is 11.8 Å². The van der Waals surface area contributed by atoms with E-state index >= 15 is 0 Å². The molecule has 0 aromatic heterocycles. The molecule has 0 radical (unpaired) electrons. The van der Waals surface area contributed by atoms with Crippen molar-refractivity contribution in [3.63, 3.8) is 0 Å². The Kier molecular flexibility index (Phi) is 5.38. The van der Waals surface area contributed by atoms with Gasteiger partial charge in [0.1, 0.15) is 5.75 Å². The average Bonchev–Trinajstić information content (AvgIpc) is 2.36. The lowest BCUT2D eigenvalue weighted by Crippen LogP contribution is -2.12. The summed E-state index contributed by atoms with van der Waals surface area (Å²) in [5.74, 6) is 0.857. The zero-order chi connectivity index (χ0) is 14.5. The molecule has 0 aliphatic heterocycles. The highest BCUT2D eigenvalue weighted by molar-refractivity contribution is 5.38. The predicted molar refractivity (Wildman–Crippen MR) is 77.9 cm³/mol. The van der Waals surface area contributed by atoms with Crippen LogP contribution in [-0.4, -0.2) is 6.61 Å². The molecule has 2 N–H and O–H groups in total. The largest absolute Gasteiger partial charge is 0.493 e. The van der Waals surface area contributed by atoms with E-state index in [9.17, 15) is 0 Å². The van der Waals surface area contributed by atoms with Gasteiger partial charge in [-0.05, 0) is 46.6 Å². The van der Waals surface area contributed by atoms with Gasteiger partial charge in [0.05, 0.1) is 18.1 Å². The van der Waals surface area contributed by atoms with Gasteiger partial charge in [-0.15, -0.1) is 0 Å². The van der Waals surface area contributed by atoms with Gasteiger partial charge in [0, 0.05) is 11.6 Å². The summed E-state index contributed by atoms with van der Waals surface area (Å²) in [6.07, 6.45) is 1.70. The Balaban J connectivity index is 2.57. The molecule has 0 saturated heterocycles. The molecule has 1 aromatic carbocycles. The lowest BCUT2D eigenvalue weighted by molar-refractivity contribution is 0.281. The normalized spacial score (nSPS) is 12.8. The summed E-state index contributed by atoms with van der Waals surface area (Å²) in [5, 5.41) is 8.95. The highest BCUT2D eigenvalue weighted by Crippen LogP contribution is 2.26. The number of hydrogen-bond acceptors (Lipinski definition) is 3. The number of nitriles is 1. The van der Waals surface area contributed by atoms with Crippen molar-refractivity contribution < 1.29 is 4.74 Å². The van der Waals surface area contributed by atoms with E-state index in [1.807, 2.05) is 39.8 Å². The summed E-state index contributed by atoms with van der Waals surface area (Å²) in [6.45, 7) is 8.53. The van der Waals surface area contributed by atoms with Crippen molar-refractivity contribution in [2.24, 2.45) is 11.1 Å². The second kappa shape index (κ2) is 6.58. The number of benzene rings is 1. The monoisotopic (exact) mass is 260 g/mol. The fourth-order valence-corrected chi connectivity index (χ4v) is 1.91. The van der Waals surface area contributed by atoms with Crippen LogP contribution in [0.2, 0.25) is 0 Å². The van der Waals surface area contributed by atoms with Crippen LogP contribution in [0, 0.1) is 23.7 Å². The van der Waals surface area contributed by atoms with E-state index in [-0.39, 0.29) is 11.5 Å². The Morgan fingerprint density at radius 1 is 1.42 bits per heavy atom. The van der Waals surface area contributed by atoms with Crippen LogP contribution in [0.4, 0.5) is 0 Å². The number of hydrogen-bond donors (Lipinski definition) is 1. The summed E-state index contributed by atoms with van der Waals surface area (Å²) in [7, 11) is 0. The van der Waals surface area contributed by atoms with Crippen LogP contribution < -0.4 is 10.5 Å². The number of nitrogens with two attached hydrogens (primary N) is 1. The fourth-order valence-electron chi connectivity index (χ4n) is 1.91. The van der Waals surface area contributed by atoms with E-state index in [0.717, 1.165) is 24.2 Å². The third-order valence-corrected chi connectivity index (χ3v) is 3.16. The molecule has 0 saturated carbocycles. The van der Waals surface area contributed by atoms with Gasteiger partial charge in [-0.1, -0.05) is 17.7 Å². The fraction of sp³-hybridized carbons (Fsp3) is 0.562. The van der Waals surface area contributed by atoms with Gasteiger partial charge in [-0.25, -0.2) is 0 Å². The highest BCUT2D eigenvalue weighted by atomic mass is 16.5. The van der Waals surface area contributed by atoms with E-state index in [0.29, 0.717) is 6.61 Å². The van der Waals surface area contributed by atoms with Crippen LogP contribution in [0.5, 0.6) is 5.75 Å². The molecule has 1 aromatic rings. The van der Waals surface area contributed by atoms with Gasteiger partial charge in [-0.3, -0.25) is 0 Å². The van der Waals surface area contributed by atoms with Crippen molar-refractivity contribution in [1.29, 1.82) is 5.26 Å². The molecule has 3 heteroatoms. The average molecular weight is 260 g/mol. The minimum Gasteiger partial charge on any atom is -0.493 e. The molecule has 0 heterocycles. The summed E-state index contributed by atoms with van der Waals surface area (Å²) in [6, 6.07) is 8.34. The van der Waals surface area contributed by atoms with Gasteiger partial charge in [-0.2, -0.15) is 5.26 Å². The quantitative estimate of drug-likeness (QED) is 0.793. The van der Waals surface area contributed by atoms with Crippen molar-refractivity contribution in [3.05, 3.63) is 29.3 Å². The highest BCUT2D eigenvalue weighted by Gasteiger charge is 2.16. The van der Waals surface area contributed by atoms with Gasteiger partial charge in [0.25, 0.3) is 0 Å². The molecule has 0 bridgehead atoms. The van der Waals surface area contributed by atoms with Crippen molar-refractivity contribution in [1.82, 2.24) is 0 Å². The number of nitrogens with zero attached hydrogens (tertiary/aromatic N) is 1. The first-order valence-corrected chi connectivity index (χ1v) is 6.76. The number of aryl methyl sites for hydroxylation is 1. The van der Waals surface area contributed by atoms with E-state index < -0.39 is 0 Å². The lowest BCUT2D eigenvalue weighted by Gasteiger charge is -2.17. The van der Waals surface area contributed by atoms with Crippen LogP contribution in [-0.2, 0) is 0 Å². The first-order valence-electron chi connectivity index (χ1n) is 6.76. The van der Waals surface area contributed by atoms with Crippen molar-refractivity contribution in [2.45, 2.75) is 46.6 Å². The molecule has 1 rings (SSSR count). The number of ether oxygens (including phenoxy) is 1. The van der Waals surface area contributed by atoms with Crippen LogP contribution in [0.3, 0.4) is 0 Å². The summed E-state index contributed by atoms with van der Waals surface area (Å²) >= 11 is 0. The van der Waals surface area contributed by atoms with Crippen molar-refractivity contribution in [2.75, 3.05) is 6.61 Å². The first-order chi connectivity index (χ1) is 8.85. The minimum atomic E-state index is -0.277. The molecular weight excluding hydrogens is 236 g/mol. The van der Waals surface area contributed by atoms with Gasteiger partial charge < -0.3 is 10.5 Å². The molecule has 0 spiro atoms. The third kappa shape index (κ3) is 4.92. The lowest BCUT2D eigenvalue weighted by atomic mass is 9.90. The van der Waals surface area contributed by atoms with E-state index in [2.05, 4.69) is 12.1 Å². The molecule has 0 fully saturated rings. The van der Waals surface area contributed by atoms with E-state index in [4.69, 9.17) is 15.7 Å². The maximum atomic E-state index is 8.95. The van der Waals surface area contributed by atoms with E-state index in [1.165, 1.54) is 5.56 Å². The number of rotatable bonds is 6. The maximum Gasteiger partial charge on any atom is 0.124 e. The van der Waals surface area contributed by atoms with Crippen LogP contribution in [0.15, 0.2) is 18.2 Å². The first kappa shape index (κ1) is 15.5. The standard InChI is InChI=1S/C16H24N2O/c1-12-6-7-15(14(10-12)13(2)18)19-9-5-8-16(3,4)11-17/h6-7,10,13H,5,8-9,18H2,1-4H3/t13-/m0/s1. The second-order valence-corrected chi connectivity index (χ2v) is 5.78. The second-order valence-electron chi connectivity index (χ2n) is 5.78. The predicted octanol–water partition coefficient (Wildman–Crippen LogP) is 3.72. The zero-order valence-electron chi connectivity index (χ0n) is 12.4. The smallest absolute Gasteiger partial charge is 0.124 e. The van der Waals surface area contributed by atoms with Gasteiger partial charge >= 0.3 is 0 Å². The van der Waals surface area contributed by atoms with Crippen LogP contribution >= 0.6 is 0 Å². The van der Waals surface area contributed by atoms with Crippen LogP contribution in [0.25, 0.3) is 0 Å². The Bertz CT molecular complexity index is 458. The molecule has 0 amide bonds. The summed E-state index contributed by atoms with van der Waals surface area (Å²) in [5.41, 5.74) is 7.90. The molecule has 3 nitrogen and oxygen atoms in total. The Hall–Kier alpha value is -1.53. The molecule has 0 aliphatic rings. The van der Waals surface area contributed by atoms with Crippen LogP contribution in [0.1, 0.15) is 50.8 Å². The van der Waals surface area contributed by atoms with Gasteiger partial charge in [0.15, 0.2) is 0 Å². The molecule has 0 aliphatic carbocycles. The Labute approximate surface area is 116 Å². The molecule has 104 valence electrons. The third-order valence-electron chi connectivity index (χ3n) is 3.16. The summed E-state index contributed by atoms with van der Waals surface area (Å²) < 4.78 is 5.80. The molecule has 0 unspecified atom stereocenters. The molecular formula is C16H24N2O. The van der Waals surface area contributed by atoms with Gasteiger partial charge in [0.2, 0.25) is 0 Å². The Morgan fingerprint density at radius 3 is 2.68 bits per heavy atom. The SMILES string of the molecule is Cc1ccc(OCCCC(C)(C)C#N)c([C@H](C)N)c1. The van der Waals surface area contributed by atoms with E-state index in [1.54, 1.807) is 0 Å². The summed E-state index contributed by atoms with van der Waals surface area (Å²) in [4.78, 5) is 0. The topological polar surface area (TPSA) is 59.0 Å². The minimum absolute atomic E-state index is 0.0366. The van der Waals surface area contributed by atoms with Crippen molar-refractivity contribution >= 4 is 0 Å². The maximum absolute atomic E-state index is 8.95. The molecule has 19 heavy (non-hydrogen) atoms. The zero-order valence-corrected chi connectivity index (χ0v) is 12.4.